The van der Waals surface area contributed by atoms with E-state index < -0.39 is 6.51 Å². The second-order valence-corrected chi connectivity index (χ2v) is 37.2. The predicted molar refractivity (Wildman–Crippen MR) is 107 cm³/mol. The molecule has 10 saturated heterocycles. The first kappa shape index (κ1) is 11.8. The van der Waals surface area contributed by atoms with Gasteiger partial charge in [-0.1, -0.05) is 0 Å². The molecule has 2 aromatic rings. The van der Waals surface area contributed by atoms with Crippen LogP contribution in [0.5, 0.6) is 0 Å². The van der Waals surface area contributed by atoms with Crippen LogP contribution >= 0.6 is 12.6 Å². The molecule has 0 aliphatic carbocycles. The Morgan fingerprint density at radius 2 is 1.19 bits per heavy atom. The molecule has 0 N–H and O–H groups in total. The monoisotopic (exact) mass is 408 g/mol. The number of benzene rings is 2. The molecular weight excluding hydrogens is 388 g/mol. The molecule has 134 valence electrons. The van der Waals surface area contributed by atoms with Gasteiger partial charge in [0.25, 0.3) is 0 Å². The second-order valence-electron chi connectivity index (χ2n) is 13.4. The van der Waals surface area contributed by atoms with Crippen molar-refractivity contribution in [1.29, 1.82) is 0 Å². The molecule has 10 fully saturated rings. The van der Waals surface area contributed by atoms with E-state index in [1.807, 2.05) is 5.56 Å². The number of hydrogen-bond donors (Lipinski definition) is 1. The summed E-state index contributed by atoms with van der Waals surface area (Å²) in [6, 6.07) is 18.2. The molecule has 4 unspecified atom stereocenters. The Balaban J connectivity index is 1.01. The fraction of sp³-hybridized carbons (Fsp3) is 0.440. The first-order chi connectivity index (χ1) is 13.0. The fourth-order valence-electron chi connectivity index (χ4n) is 18.6. The van der Waals surface area contributed by atoms with Gasteiger partial charge >= 0.3 is 143 Å². The quantitative estimate of drug-likeness (QED) is 0.336. The van der Waals surface area contributed by atoms with E-state index in [9.17, 15) is 0 Å². The normalized spacial score (nSPS) is 78.6. The van der Waals surface area contributed by atoms with Crippen LogP contribution in [0.3, 0.4) is 0 Å². The van der Waals surface area contributed by atoms with Crippen LogP contribution in [0, 0.1) is 11.8 Å². The SMILES string of the molecule is SCc1ccc(C#Cc2ccc([C]34[CH]5[CH]6[CH]7[CH]3[Fe]6754389%10[CH]4[CH]3[CH]8[CH]9[CH]4%10)cc2)cc1. The Morgan fingerprint density at radius 1 is 0.704 bits per heavy atom. The van der Waals surface area contributed by atoms with Crippen LogP contribution in [0.25, 0.3) is 0 Å². The van der Waals surface area contributed by atoms with E-state index in [1.165, 1.54) is 54.5 Å². The van der Waals surface area contributed by atoms with Crippen LogP contribution in [0.15, 0.2) is 48.5 Å². The Bertz CT molecular complexity index is 1550. The molecule has 27 heavy (non-hydrogen) atoms. The average Bonchev–Trinajstić information content (AvgIpc) is 3.66. The summed E-state index contributed by atoms with van der Waals surface area (Å²) in [6.45, 7) is -2.99. The fourth-order valence-corrected chi connectivity index (χ4v) is 93.1. The third-order valence-corrected chi connectivity index (χ3v) is 60.2. The summed E-state index contributed by atoms with van der Waals surface area (Å²) in [5, 5.41) is 0. The van der Waals surface area contributed by atoms with E-state index in [-0.39, 0.29) is 0 Å². The second kappa shape index (κ2) is 1.42. The molecule has 2 heteroatoms. The van der Waals surface area contributed by atoms with Gasteiger partial charge in [-0.3, -0.25) is 0 Å². The first-order valence-corrected chi connectivity index (χ1v) is 17.5. The van der Waals surface area contributed by atoms with E-state index in [0.29, 0.717) is 0 Å². The van der Waals surface area contributed by atoms with Crippen molar-refractivity contribution in [1.82, 2.24) is 0 Å². The molecule has 0 aromatic heterocycles. The molecule has 1 spiro atoms. The van der Waals surface area contributed by atoms with Crippen molar-refractivity contribution >= 4 is 12.6 Å². The van der Waals surface area contributed by atoms with Gasteiger partial charge in [-0.15, -0.1) is 0 Å². The molecule has 0 bridgehead atoms. The Hall–Kier alpha value is -1.13. The van der Waals surface area contributed by atoms with Gasteiger partial charge in [0.1, 0.15) is 0 Å². The summed E-state index contributed by atoms with van der Waals surface area (Å²) in [7, 11) is 0. The maximum absolute atomic E-state index is 4.32. The van der Waals surface area contributed by atoms with Crippen molar-refractivity contribution in [2.75, 3.05) is 0 Å². The van der Waals surface area contributed by atoms with Crippen LogP contribution in [-0.4, -0.2) is 0 Å². The molecule has 4 atom stereocenters. The standard InChI is InChI=1S/C20H15S.C5H5.Fe/c21-15-18-9-7-16(8-10-18)5-6-17-11-13-20(14-12-17)19-3-1-2-4-19;1-2-4-5-3-1;/h1-4,7-14,21H,15H2;1-5H;. The van der Waals surface area contributed by atoms with Gasteiger partial charge < -0.3 is 0 Å². The van der Waals surface area contributed by atoms with E-state index >= 15 is 0 Å². The summed E-state index contributed by atoms with van der Waals surface area (Å²) in [5.41, 5.74) is 5.35. The summed E-state index contributed by atoms with van der Waals surface area (Å²) >= 11 is 4.32. The summed E-state index contributed by atoms with van der Waals surface area (Å²) in [5.74, 6) is 7.53. The Morgan fingerprint density at radius 3 is 1.56 bits per heavy atom. The predicted octanol–water partition coefficient (Wildman–Crippen LogP) is 6.31. The van der Waals surface area contributed by atoms with Gasteiger partial charge in [0.2, 0.25) is 0 Å². The van der Waals surface area contributed by atoms with Crippen molar-refractivity contribution < 1.29 is 6.51 Å². The molecule has 0 nitrogen and oxygen atoms in total. The molecule has 10 heterocycles. The van der Waals surface area contributed by atoms with Crippen molar-refractivity contribution in [3.05, 3.63) is 70.8 Å². The zero-order chi connectivity index (χ0) is 17.1. The molecule has 2 aromatic carbocycles. The van der Waals surface area contributed by atoms with Crippen molar-refractivity contribution in [2.45, 2.75) is 53.4 Å². The molecular formula is C25H20FeS. The minimum atomic E-state index is -2.99. The van der Waals surface area contributed by atoms with E-state index in [4.69, 9.17) is 0 Å². The van der Waals surface area contributed by atoms with Crippen LogP contribution in [0.1, 0.15) is 22.3 Å². The number of rotatable bonds is 2. The zero-order valence-corrected chi connectivity index (χ0v) is 16.8. The molecule has 10 aliphatic heterocycles. The van der Waals surface area contributed by atoms with Gasteiger partial charge in [0, 0.05) is 0 Å². The van der Waals surface area contributed by atoms with E-state index in [0.717, 1.165) is 15.6 Å². The van der Waals surface area contributed by atoms with Gasteiger partial charge in [0.05, 0.1) is 0 Å². The Labute approximate surface area is 154 Å². The molecule has 12 rings (SSSR count). The van der Waals surface area contributed by atoms with Crippen LogP contribution in [0.2, 0.25) is 43.3 Å². The summed E-state index contributed by atoms with van der Waals surface area (Å²) in [4.78, 5) is 12.6. The van der Waals surface area contributed by atoms with Crippen LogP contribution < -0.4 is 0 Å². The number of thiol groups is 1. The van der Waals surface area contributed by atoms with Crippen molar-refractivity contribution in [3.8, 4) is 11.8 Å². The first-order valence-electron chi connectivity index (χ1n) is 10.6. The van der Waals surface area contributed by atoms with Gasteiger partial charge in [-0.25, -0.2) is 0 Å². The van der Waals surface area contributed by atoms with Crippen LogP contribution in [-0.2, 0) is 16.6 Å². The minimum absolute atomic E-state index is 0.790. The summed E-state index contributed by atoms with van der Waals surface area (Å²) < 4.78 is 0.883. The average molecular weight is 408 g/mol. The van der Waals surface area contributed by atoms with E-state index in [1.54, 1.807) is 0 Å². The van der Waals surface area contributed by atoms with Crippen molar-refractivity contribution in [3.63, 3.8) is 0 Å². The zero-order valence-electron chi connectivity index (χ0n) is 14.8. The molecule has 0 amide bonds. The van der Waals surface area contributed by atoms with Crippen LogP contribution in [0.4, 0.5) is 0 Å². The summed E-state index contributed by atoms with van der Waals surface area (Å²) in [6.07, 6.45) is 0. The number of hydrogen-bond acceptors (Lipinski definition) is 1. The third-order valence-electron chi connectivity index (χ3n) is 17.5. The topological polar surface area (TPSA) is 0 Å². The van der Waals surface area contributed by atoms with Gasteiger partial charge in [0.15, 0.2) is 0 Å². The molecule has 10 aliphatic rings. The molecule has 0 radical (unpaired) electrons. The third kappa shape index (κ3) is 0.217. The molecule has 0 saturated carbocycles. The number of fused-ring (bicyclic) bond motifs is 10. The van der Waals surface area contributed by atoms with Gasteiger partial charge in [-0.2, -0.15) is 12.6 Å². The Kier molecular flexibility index (Phi) is 0.619. The van der Waals surface area contributed by atoms with Crippen molar-refractivity contribution in [2.24, 2.45) is 0 Å². The van der Waals surface area contributed by atoms with E-state index in [2.05, 4.69) is 73.0 Å². The maximum atomic E-state index is 4.32. The van der Waals surface area contributed by atoms with Gasteiger partial charge in [-0.05, 0) is 0 Å².